The van der Waals surface area contributed by atoms with Crippen molar-refractivity contribution < 1.29 is 15.0 Å². The molecule has 1 N–H and O–H groups in total. The van der Waals surface area contributed by atoms with E-state index < -0.39 is 11.7 Å². The predicted molar refractivity (Wildman–Crippen MR) is 226 cm³/mol. The molecule has 0 spiro atoms. The van der Waals surface area contributed by atoms with Crippen LogP contribution in [-0.4, -0.2) is 11.1 Å². The highest BCUT2D eigenvalue weighted by Crippen LogP contribution is 2.42. The summed E-state index contributed by atoms with van der Waals surface area (Å²) in [5.41, 5.74) is 9.55. The highest BCUT2D eigenvalue weighted by Gasteiger charge is 2.38. The molecule has 0 atom stereocenters. The topological polar surface area (TPSA) is 60.4 Å². The van der Waals surface area contributed by atoms with Gasteiger partial charge in [-0.05, 0) is 106 Å². The second kappa shape index (κ2) is 24.7. The molecule has 0 aromatic heterocycles. The molecule has 0 fully saturated rings. The quantitative estimate of drug-likeness (QED) is 0.0817. The number of hydrogen-bond donors (Lipinski definition) is 1. The van der Waals surface area contributed by atoms with E-state index in [9.17, 15) is 9.90 Å². The number of benzene rings is 4. The Hall–Kier alpha value is -3.50. The number of rotatable bonds is 22. The zero-order chi connectivity index (χ0) is 38.4. The van der Waals surface area contributed by atoms with Gasteiger partial charge >= 0.3 is 5.97 Å². The summed E-state index contributed by atoms with van der Waals surface area (Å²) in [4.78, 5) is 15.1. The van der Waals surface area contributed by atoms with E-state index in [-0.39, 0.29) is 16.5 Å². The smallest absolute Gasteiger partial charge is 0.335 e. The van der Waals surface area contributed by atoms with Crippen molar-refractivity contribution >= 4 is 16.9 Å². The van der Waals surface area contributed by atoms with Gasteiger partial charge in [-0.15, -0.1) is 0 Å². The molecule has 0 amide bonds. The molecule has 0 aliphatic rings. The lowest BCUT2D eigenvalue weighted by atomic mass is 9.96. The number of aryl methyl sites for hydroxylation is 6. The summed E-state index contributed by atoms with van der Waals surface area (Å²) in [6, 6.07) is 27.8. The van der Waals surface area contributed by atoms with E-state index in [4.69, 9.17) is 5.11 Å². The van der Waals surface area contributed by atoms with E-state index in [1.165, 1.54) is 145 Å². The van der Waals surface area contributed by atoms with Gasteiger partial charge in [0.25, 0.3) is 0 Å². The number of unbranched alkanes of at least 4 members (excludes halogenated alkanes) is 6. The van der Waals surface area contributed by atoms with Crippen LogP contribution in [0.3, 0.4) is 0 Å². The Labute approximate surface area is 326 Å². The highest BCUT2D eigenvalue weighted by atomic mass is 32.2. The number of hydrogen-bond acceptors (Lipinski definition) is 2. The fourth-order valence-electron chi connectivity index (χ4n) is 6.98. The van der Waals surface area contributed by atoms with Crippen molar-refractivity contribution in [3.8, 4) is 5.75 Å². The molecule has 4 heteroatoms. The Morgan fingerprint density at radius 3 is 1.17 bits per heavy atom. The summed E-state index contributed by atoms with van der Waals surface area (Å²) in [7, 11) is -0.103. The van der Waals surface area contributed by atoms with E-state index in [1.807, 2.05) is 0 Å². The van der Waals surface area contributed by atoms with Gasteiger partial charge < -0.3 is 10.2 Å². The lowest BCUT2D eigenvalue weighted by Crippen LogP contribution is -2.17. The van der Waals surface area contributed by atoms with Crippen LogP contribution in [0.1, 0.15) is 162 Å². The van der Waals surface area contributed by atoms with Gasteiger partial charge in [-0.2, -0.15) is 0 Å². The monoisotopic (exact) mass is 736 g/mol. The average molecular weight is 737 g/mol. The van der Waals surface area contributed by atoms with Crippen molar-refractivity contribution in [1.29, 1.82) is 0 Å². The van der Waals surface area contributed by atoms with Crippen LogP contribution in [0.4, 0.5) is 0 Å². The second-order valence-electron chi connectivity index (χ2n) is 14.5. The minimum absolute atomic E-state index is 0.103. The first kappa shape index (κ1) is 43.9. The maximum Gasteiger partial charge on any atom is 0.335 e. The molecular formula is C49H68O3S. The van der Waals surface area contributed by atoms with Crippen LogP contribution in [-0.2, 0) is 49.4 Å². The second-order valence-corrected chi connectivity index (χ2v) is 16.4. The van der Waals surface area contributed by atoms with Crippen molar-refractivity contribution in [2.75, 3.05) is 0 Å². The molecule has 0 saturated heterocycles. The maximum absolute atomic E-state index is 10.7. The van der Waals surface area contributed by atoms with Crippen molar-refractivity contribution in [2.24, 2.45) is 0 Å². The molecular weight excluding hydrogens is 669 g/mol. The number of aromatic carboxylic acids is 1. The fraction of sp³-hybridized carbons (Fsp3) is 0.490. The molecule has 4 aromatic rings. The molecule has 3 nitrogen and oxygen atoms in total. The van der Waals surface area contributed by atoms with Crippen molar-refractivity contribution in [2.45, 2.75) is 172 Å². The molecule has 0 bridgehead atoms. The fourth-order valence-corrected chi connectivity index (χ4v) is 9.77. The van der Waals surface area contributed by atoms with E-state index in [0.29, 0.717) is 0 Å². The van der Waals surface area contributed by atoms with E-state index in [1.54, 1.807) is 43.2 Å². The molecule has 288 valence electrons. The van der Waals surface area contributed by atoms with Crippen LogP contribution in [0.2, 0.25) is 0 Å². The predicted octanol–water partition coefficient (Wildman–Crippen LogP) is 13.3. The first-order valence-electron chi connectivity index (χ1n) is 20.9. The SMILES string of the molecule is CCCCc1cc(CCCC)c([S+](c2ccccc2)c2c(CCCC)cc(CCCC)cc2CCCC)c(CCCC)c1.O=C(O)c1ccccc1[O-]. The zero-order valence-corrected chi connectivity index (χ0v) is 34.7. The van der Waals surface area contributed by atoms with Crippen LogP contribution in [0, 0.1) is 0 Å². The van der Waals surface area contributed by atoms with Crippen LogP contribution in [0.15, 0.2) is 93.5 Å². The summed E-state index contributed by atoms with van der Waals surface area (Å²) in [5.74, 6) is -1.62. The third kappa shape index (κ3) is 13.7. The number of carboxylic acid groups (broad SMARTS) is 1. The molecule has 0 unspecified atom stereocenters. The van der Waals surface area contributed by atoms with Gasteiger partial charge in [-0.3, -0.25) is 0 Å². The Morgan fingerprint density at radius 2 is 0.849 bits per heavy atom. The van der Waals surface area contributed by atoms with Crippen molar-refractivity contribution in [1.82, 2.24) is 0 Å². The summed E-state index contributed by atoms with van der Waals surface area (Å²) < 4.78 is 0. The van der Waals surface area contributed by atoms with Gasteiger partial charge in [0.05, 0.1) is 5.56 Å². The summed E-state index contributed by atoms with van der Waals surface area (Å²) in [6.45, 7) is 14.1. The van der Waals surface area contributed by atoms with E-state index in [2.05, 4.69) is 96.1 Å². The van der Waals surface area contributed by atoms with Gasteiger partial charge in [0.2, 0.25) is 0 Å². The Kier molecular flexibility index (Phi) is 20.5. The molecule has 0 aliphatic carbocycles. The minimum atomic E-state index is -1.18. The van der Waals surface area contributed by atoms with Gasteiger partial charge in [-0.25, -0.2) is 4.79 Å². The molecule has 4 aromatic carbocycles. The molecule has 53 heavy (non-hydrogen) atoms. The largest absolute Gasteiger partial charge is 0.872 e. The molecule has 4 rings (SSSR count). The summed E-state index contributed by atoms with van der Waals surface area (Å²) in [6.07, 6.45) is 22.4. The van der Waals surface area contributed by atoms with E-state index in [0.717, 1.165) is 0 Å². The third-order valence-electron chi connectivity index (χ3n) is 9.95. The van der Waals surface area contributed by atoms with Gasteiger partial charge in [0.15, 0.2) is 14.7 Å². The lowest BCUT2D eigenvalue weighted by Gasteiger charge is -2.22. The summed E-state index contributed by atoms with van der Waals surface area (Å²) in [5, 5.41) is 19.0. The number of para-hydroxylation sites is 1. The summed E-state index contributed by atoms with van der Waals surface area (Å²) >= 11 is 0. The van der Waals surface area contributed by atoms with Crippen LogP contribution in [0.5, 0.6) is 5.75 Å². The normalized spacial score (nSPS) is 11.1. The van der Waals surface area contributed by atoms with E-state index >= 15 is 0 Å². The Bertz CT molecular complexity index is 1510. The number of carbonyl (C=O) groups is 1. The molecule has 0 aliphatic heterocycles. The maximum atomic E-state index is 10.7. The Balaban J connectivity index is 0.000000651. The standard InChI is InChI=1S/C42H63S.C7H6O3/c1-7-13-22-34-30-36(24-15-9-3)41(37(31-34)25-16-10-4)43(40-28-20-19-21-29-40)42-38(26-17-11-5)32-35(23-14-8-2)33-39(42)27-18-12-6;8-6-4-2-1-3-5(6)7(9)10/h19-21,28-33H,7-18,22-27H2,1-6H3;1-4,8H,(H,9,10)/q+1;/p-1. The van der Waals surface area contributed by atoms with Crippen LogP contribution in [0.25, 0.3) is 0 Å². The highest BCUT2D eigenvalue weighted by molar-refractivity contribution is 7.97. The van der Waals surface area contributed by atoms with Crippen molar-refractivity contribution in [3.05, 3.63) is 118 Å². The average Bonchev–Trinajstić information content (AvgIpc) is 3.17. The van der Waals surface area contributed by atoms with Crippen molar-refractivity contribution in [3.63, 3.8) is 0 Å². The van der Waals surface area contributed by atoms with Crippen LogP contribution < -0.4 is 5.11 Å². The number of carboxylic acids is 1. The zero-order valence-electron chi connectivity index (χ0n) is 33.9. The first-order chi connectivity index (χ1) is 25.8. The minimum Gasteiger partial charge on any atom is -0.872 e. The molecule has 0 saturated carbocycles. The lowest BCUT2D eigenvalue weighted by molar-refractivity contribution is -0.268. The van der Waals surface area contributed by atoms with Crippen LogP contribution >= 0.6 is 0 Å². The Morgan fingerprint density at radius 1 is 0.509 bits per heavy atom. The molecule has 0 heterocycles. The van der Waals surface area contributed by atoms with Gasteiger partial charge in [0.1, 0.15) is 10.9 Å². The van der Waals surface area contributed by atoms with Gasteiger partial charge in [-0.1, -0.05) is 146 Å². The molecule has 0 radical (unpaired) electrons. The van der Waals surface area contributed by atoms with Gasteiger partial charge in [0, 0.05) is 22.3 Å². The first-order valence-corrected chi connectivity index (χ1v) is 22.1. The third-order valence-corrected chi connectivity index (χ3v) is 12.6.